The van der Waals surface area contributed by atoms with Gasteiger partial charge in [-0.2, -0.15) is 0 Å². The molecule has 12 heteroatoms. The maximum Gasteiger partial charge on any atom is 0.286 e. The zero-order valence-corrected chi connectivity index (χ0v) is 19.2. The lowest BCUT2D eigenvalue weighted by molar-refractivity contribution is -0.177. The summed E-state index contributed by atoms with van der Waals surface area (Å²) >= 11 is 24.4. The highest BCUT2D eigenvalue weighted by Crippen LogP contribution is 2.68. The van der Waals surface area contributed by atoms with E-state index < -0.39 is 27.7 Å². The molecule has 0 amide bonds. The second-order valence-corrected chi connectivity index (χ2v) is 10.6. The maximum atomic E-state index is 13.1. The highest BCUT2D eigenvalue weighted by Gasteiger charge is 2.66. The Balaban J connectivity index is 1.72. The van der Waals surface area contributed by atoms with E-state index in [0.717, 1.165) is 0 Å². The molecule has 2 aliphatic carbocycles. The van der Waals surface area contributed by atoms with Gasteiger partial charge in [-0.25, -0.2) is 18.7 Å². The SMILES string of the molecule is CC12C([C@H]3CC[C@@H]1n1c(=O)c(Cl)c(Cl)c(=O)n13)[C@@H]1CC[C@H]2n2c(=O)c(Cl)c(Cl)c(=O)n21. The molecule has 6 heterocycles. The third-order valence-corrected chi connectivity index (χ3v) is 9.70. The summed E-state index contributed by atoms with van der Waals surface area (Å²) in [5.41, 5.74) is -2.61. The predicted octanol–water partition coefficient (Wildman–Crippen LogP) is 3.05. The average molecular weight is 506 g/mol. The van der Waals surface area contributed by atoms with Crippen LogP contribution in [0.3, 0.4) is 0 Å². The van der Waals surface area contributed by atoms with Crippen molar-refractivity contribution in [3.63, 3.8) is 0 Å². The molecular formula is C19H16Cl4N4O4. The van der Waals surface area contributed by atoms with Crippen molar-refractivity contribution >= 4 is 46.4 Å². The van der Waals surface area contributed by atoms with E-state index in [2.05, 4.69) is 0 Å². The zero-order chi connectivity index (χ0) is 22.1. The summed E-state index contributed by atoms with van der Waals surface area (Å²) in [6, 6.07) is -1.48. The Morgan fingerprint density at radius 3 is 1.29 bits per heavy atom. The van der Waals surface area contributed by atoms with Gasteiger partial charge in [-0.1, -0.05) is 53.3 Å². The fourth-order valence-electron chi connectivity index (χ4n) is 7.08. The second kappa shape index (κ2) is 6.10. The van der Waals surface area contributed by atoms with Crippen LogP contribution in [0.1, 0.15) is 56.8 Å². The van der Waals surface area contributed by atoms with Crippen LogP contribution < -0.4 is 22.2 Å². The van der Waals surface area contributed by atoms with Gasteiger partial charge in [0.05, 0.1) is 24.2 Å². The normalized spacial score (nSPS) is 34.4. The van der Waals surface area contributed by atoms with Gasteiger partial charge in [-0.05, 0) is 25.7 Å². The average Bonchev–Trinajstić information content (AvgIpc) is 2.77. The molecule has 8 rings (SSSR count). The summed E-state index contributed by atoms with van der Waals surface area (Å²) < 4.78 is 5.74. The number of halogens is 4. The van der Waals surface area contributed by atoms with Crippen LogP contribution in [0.4, 0.5) is 0 Å². The van der Waals surface area contributed by atoms with Crippen molar-refractivity contribution in [2.75, 3.05) is 0 Å². The fraction of sp³-hybridized carbons (Fsp3) is 0.579. The van der Waals surface area contributed by atoms with Crippen molar-refractivity contribution in [2.45, 2.75) is 56.8 Å². The molecular weight excluding hydrogens is 490 g/mol. The fourth-order valence-corrected chi connectivity index (χ4v) is 7.75. The van der Waals surface area contributed by atoms with Crippen LogP contribution in [-0.4, -0.2) is 18.7 Å². The van der Waals surface area contributed by atoms with Crippen molar-refractivity contribution < 1.29 is 0 Å². The van der Waals surface area contributed by atoms with Gasteiger partial charge in [0.1, 0.15) is 20.1 Å². The van der Waals surface area contributed by atoms with Crippen LogP contribution in [0.5, 0.6) is 0 Å². The molecule has 0 radical (unpaired) electrons. The second-order valence-electron chi connectivity index (χ2n) is 9.07. The van der Waals surface area contributed by atoms with E-state index >= 15 is 0 Å². The minimum absolute atomic E-state index is 0.159. The third kappa shape index (κ3) is 2.07. The minimum Gasteiger partial charge on any atom is -0.266 e. The molecule has 6 aliphatic rings. The van der Waals surface area contributed by atoms with Gasteiger partial charge in [-0.3, -0.25) is 19.2 Å². The Hall–Kier alpha value is -1.48. The zero-order valence-electron chi connectivity index (χ0n) is 16.1. The highest BCUT2D eigenvalue weighted by atomic mass is 35.5. The molecule has 0 saturated heterocycles. The molecule has 0 spiro atoms. The number of nitrogens with zero attached hydrogens (tertiary/aromatic N) is 4. The van der Waals surface area contributed by atoms with Gasteiger partial charge < -0.3 is 0 Å². The Morgan fingerprint density at radius 1 is 0.613 bits per heavy atom. The van der Waals surface area contributed by atoms with Gasteiger partial charge in [0.25, 0.3) is 22.2 Å². The smallest absolute Gasteiger partial charge is 0.266 e. The summed E-state index contributed by atoms with van der Waals surface area (Å²) in [7, 11) is 0. The van der Waals surface area contributed by atoms with Gasteiger partial charge >= 0.3 is 0 Å². The molecule has 4 aliphatic heterocycles. The van der Waals surface area contributed by atoms with Crippen LogP contribution in [-0.2, 0) is 0 Å². The predicted molar refractivity (Wildman–Crippen MR) is 116 cm³/mol. The molecule has 2 fully saturated rings. The van der Waals surface area contributed by atoms with E-state index in [1.54, 1.807) is 0 Å². The molecule has 2 aromatic rings. The van der Waals surface area contributed by atoms with Crippen LogP contribution >= 0.6 is 46.4 Å². The lowest BCUT2D eigenvalue weighted by Gasteiger charge is -2.66. The van der Waals surface area contributed by atoms with E-state index in [-0.39, 0.29) is 50.2 Å². The van der Waals surface area contributed by atoms with Crippen LogP contribution in [0, 0.1) is 11.3 Å². The summed E-state index contributed by atoms with van der Waals surface area (Å²) in [5.74, 6) is -0.159. The van der Waals surface area contributed by atoms with Crippen LogP contribution in [0.2, 0.25) is 20.1 Å². The first kappa shape index (κ1) is 20.1. The monoisotopic (exact) mass is 504 g/mol. The quantitative estimate of drug-likeness (QED) is 0.550. The lowest BCUT2D eigenvalue weighted by Crippen LogP contribution is -2.69. The van der Waals surface area contributed by atoms with Gasteiger partial charge in [0, 0.05) is 11.3 Å². The first-order chi connectivity index (χ1) is 14.6. The lowest BCUT2D eigenvalue weighted by atomic mass is 9.50. The van der Waals surface area contributed by atoms with Gasteiger partial charge in [0.2, 0.25) is 0 Å². The van der Waals surface area contributed by atoms with Gasteiger partial charge in [-0.15, -0.1) is 0 Å². The van der Waals surface area contributed by atoms with Crippen LogP contribution in [0.15, 0.2) is 19.2 Å². The van der Waals surface area contributed by atoms with Crippen molar-refractivity contribution in [1.82, 2.24) is 18.7 Å². The van der Waals surface area contributed by atoms with Gasteiger partial charge in [0.15, 0.2) is 0 Å². The number of hydrogen-bond donors (Lipinski definition) is 0. The van der Waals surface area contributed by atoms with E-state index in [4.69, 9.17) is 46.4 Å². The van der Waals surface area contributed by atoms with E-state index in [1.807, 2.05) is 6.92 Å². The number of rotatable bonds is 0. The molecule has 164 valence electrons. The van der Waals surface area contributed by atoms with Crippen molar-refractivity contribution in [1.29, 1.82) is 0 Å². The Morgan fingerprint density at radius 2 is 0.935 bits per heavy atom. The molecule has 0 N–H and O–H groups in total. The van der Waals surface area contributed by atoms with E-state index in [1.165, 1.54) is 18.7 Å². The summed E-state index contributed by atoms with van der Waals surface area (Å²) in [5, 5.41) is -1.16. The van der Waals surface area contributed by atoms with E-state index in [9.17, 15) is 19.2 Å². The topological polar surface area (TPSA) is 88.0 Å². The molecule has 0 aromatic carbocycles. The first-order valence-electron chi connectivity index (χ1n) is 10.1. The first-order valence-corrected chi connectivity index (χ1v) is 11.6. The molecule has 6 atom stereocenters. The highest BCUT2D eigenvalue weighted by molar-refractivity contribution is 6.42. The summed E-state index contributed by atoms with van der Waals surface area (Å²) in [6.07, 6.45) is 2.62. The Bertz CT molecular complexity index is 1330. The van der Waals surface area contributed by atoms with Crippen molar-refractivity contribution in [3.8, 4) is 0 Å². The molecule has 2 aromatic heterocycles. The Kier molecular flexibility index (Phi) is 3.96. The summed E-state index contributed by atoms with van der Waals surface area (Å²) in [4.78, 5) is 52.3. The largest absolute Gasteiger partial charge is 0.286 e. The maximum absolute atomic E-state index is 13.1. The minimum atomic E-state index is -0.563. The molecule has 8 nitrogen and oxygen atoms in total. The molecule has 31 heavy (non-hydrogen) atoms. The third-order valence-electron chi connectivity index (χ3n) is 8.11. The molecule has 2 saturated carbocycles. The van der Waals surface area contributed by atoms with Crippen molar-refractivity contribution in [2.24, 2.45) is 11.3 Å². The molecule has 2 unspecified atom stereocenters. The molecule has 4 bridgehead atoms. The number of aromatic nitrogens is 4. The summed E-state index contributed by atoms with van der Waals surface area (Å²) in [6.45, 7) is 2.04. The van der Waals surface area contributed by atoms with Crippen LogP contribution in [0.25, 0.3) is 0 Å². The number of hydrogen-bond acceptors (Lipinski definition) is 4. The van der Waals surface area contributed by atoms with E-state index in [0.29, 0.717) is 25.7 Å². The Labute approximate surface area is 194 Å². The standard InChI is InChI=1S/C19H16Cl4N4O4/c1-19-8-4-2-6(24-15(28)11(20)13(22)17(30)26(8)24)10(19)7-3-5-9(19)27-18(31)14(23)12(21)16(29)25(7)27/h6-10H,2-5H2,1H3/t6-,7+,8+,9-,10?,19?. The number of fused-ring (bicyclic) bond motifs is 2. The van der Waals surface area contributed by atoms with Crippen molar-refractivity contribution in [3.05, 3.63) is 61.5 Å².